The molecule has 34 heavy (non-hydrogen) atoms. The maximum atomic E-state index is 13.3. The SMILES string of the molecule is COc1cccc(OC)c1C(=O)N1CCN(c2ncnc3c2nnn3-c2ccc(F)cc2)CC1. The standard InChI is InChI=1S/C23H22FN7O3/c1-33-17-4-3-5-18(34-2)19(17)23(32)30-12-10-29(11-13-30)21-20-22(26-14-25-21)31(28-27-20)16-8-6-15(24)7-9-16/h3-9,14H,10-13H2,1-2H3. The van der Waals surface area contributed by atoms with E-state index in [0.717, 1.165) is 0 Å². The van der Waals surface area contributed by atoms with Crippen LogP contribution in [0.1, 0.15) is 10.4 Å². The van der Waals surface area contributed by atoms with Crippen molar-refractivity contribution in [2.75, 3.05) is 45.3 Å². The Labute approximate surface area is 194 Å². The molecule has 3 heterocycles. The summed E-state index contributed by atoms with van der Waals surface area (Å²) in [5.41, 5.74) is 2.12. The molecule has 1 saturated heterocycles. The Morgan fingerprint density at radius 1 is 0.941 bits per heavy atom. The van der Waals surface area contributed by atoms with E-state index in [2.05, 4.69) is 25.2 Å². The van der Waals surface area contributed by atoms with E-state index >= 15 is 0 Å². The zero-order valence-corrected chi connectivity index (χ0v) is 18.7. The Kier molecular flexibility index (Phi) is 5.66. The Balaban J connectivity index is 1.37. The monoisotopic (exact) mass is 463 g/mol. The molecule has 1 amide bonds. The number of fused-ring (bicyclic) bond motifs is 1. The second-order valence-corrected chi connectivity index (χ2v) is 7.66. The lowest BCUT2D eigenvalue weighted by atomic mass is 10.1. The molecule has 0 aliphatic carbocycles. The number of amides is 1. The third-order valence-corrected chi connectivity index (χ3v) is 5.80. The highest BCUT2D eigenvalue weighted by Gasteiger charge is 2.28. The van der Waals surface area contributed by atoms with Crippen LogP contribution in [0.4, 0.5) is 10.2 Å². The summed E-state index contributed by atoms with van der Waals surface area (Å²) in [5, 5.41) is 8.47. The molecule has 174 valence electrons. The van der Waals surface area contributed by atoms with Crippen molar-refractivity contribution in [1.82, 2.24) is 29.9 Å². The van der Waals surface area contributed by atoms with Crippen molar-refractivity contribution in [1.29, 1.82) is 0 Å². The van der Waals surface area contributed by atoms with E-state index in [-0.39, 0.29) is 11.7 Å². The van der Waals surface area contributed by atoms with E-state index in [1.54, 1.807) is 39.9 Å². The first-order valence-corrected chi connectivity index (χ1v) is 10.7. The number of hydrogen-bond donors (Lipinski definition) is 0. The first kappa shape index (κ1) is 21.6. The molecule has 0 saturated carbocycles. The lowest BCUT2D eigenvalue weighted by Gasteiger charge is -2.35. The summed E-state index contributed by atoms with van der Waals surface area (Å²) in [5.74, 6) is 1.11. The fraction of sp³-hybridized carbons (Fsp3) is 0.261. The number of methoxy groups -OCH3 is 2. The van der Waals surface area contributed by atoms with Gasteiger partial charge in [0.15, 0.2) is 17.0 Å². The lowest BCUT2D eigenvalue weighted by molar-refractivity contribution is 0.0739. The van der Waals surface area contributed by atoms with Crippen LogP contribution in [0.25, 0.3) is 16.9 Å². The molecule has 0 unspecified atom stereocenters. The van der Waals surface area contributed by atoms with Gasteiger partial charge in [-0.1, -0.05) is 11.3 Å². The van der Waals surface area contributed by atoms with Crippen LogP contribution in [-0.4, -0.2) is 76.2 Å². The first-order chi connectivity index (χ1) is 16.6. The van der Waals surface area contributed by atoms with E-state index in [4.69, 9.17) is 9.47 Å². The van der Waals surface area contributed by atoms with E-state index in [9.17, 15) is 9.18 Å². The van der Waals surface area contributed by atoms with Crippen molar-refractivity contribution in [3.63, 3.8) is 0 Å². The third-order valence-electron chi connectivity index (χ3n) is 5.80. The summed E-state index contributed by atoms with van der Waals surface area (Å²) in [6.45, 7) is 2.08. The van der Waals surface area contributed by atoms with Crippen molar-refractivity contribution >= 4 is 22.9 Å². The Hall–Kier alpha value is -4.28. The fourth-order valence-electron chi connectivity index (χ4n) is 4.07. The maximum absolute atomic E-state index is 13.3. The summed E-state index contributed by atoms with van der Waals surface area (Å²) < 4.78 is 25.6. The van der Waals surface area contributed by atoms with Gasteiger partial charge in [0.1, 0.15) is 29.2 Å². The summed E-state index contributed by atoms with van der Waals surface area (Å²) in [6, 6.07) is 11.2. The number of benzene rings is 2. The smallest absolute Gasteiger partial charge is 0.261 e. The van der Waals surface area contributed by atoms with E-state index in [0.29, 0.717) is 65.9 Å². The van der Waals surface area contributed by atoms with Gasteiger partial charge >= 0.3 is 0 Å². The van der Waals surface area contributed by atoms with Crippen molar-refractivity contribution in [2.45, 2.75) is 0 Å². The van der Waals surface area contributed by atoms with E-state index in [1.807, 2.05) is 0 Å². The molecule has 11 heteroatoms. The largest absolute Gasteiger partial charge is 0.496 e. The molecule has 0 radical (unpaired) electrons. The highest BCUT2D eigenvalue weighted by atomic mass is 19.1. The Bertz CT molecular complexity index is 1310. The Morgan fingerprint density at radius 2 is 1.62 bits per heavy atom. The van der Waals surface area contributed by atoms with Crippen LogP contribution >= 0.6 is 0 Å². The van der Waals surface area contributed by atoms with Crippen LogP contribution in [0, 0.1) is 5.82 Å². The number of hydrogen-bond acceptors (Lipinski definition) is 8. The molecule has 0 bridgehead atoms. The highest BCUT2D eigenvalue weighted by molar-refractivity contribution is 6.00. The molecule has 0 spiro atoms. The number of rotatable bonds is 5. The number of aromatic nitrogens is 5. The predicted octanol–water partition coefficient (Wildman–Crippen LogP) is 2.33. The van der Waals surface area contributed by atoms with Gasteiger partial charge in [-0.3, -0.25) is 4.79 Å². The van der Waals surface area contributed by atoms with Gasteiger partial charge in [-0.25, -0.2) is 14.4 Å². The molecule has 1 fully saturated rings. The van der Waals surface area contributed by atoms with Crippen LogP contribution in [0.3, 0.4) is 0 Å². The summed E-state index contributed by atoms with van der Waals surface area (Å²) in [4.78, 5) is 25.8. The number of nitrogens with zero attached hydrogens (tertiary/aromatic N) is 7. The van der Waals surface area contributed by atoms with E-state index < -0.39 is 0 Å². The number of ether oxygens (including phenoxy) is 2. The van der Waals surface area contributed by atoms with Crippen LogP contribution in [0.15, 0.2) is 48.8 Å². The third kappa shape index (κ3) is 3.74. The minimum absolute atomic E-state index is 0.149. The lowest BCUT2D eigenvalue weighted by Crippen LogP contribution is -2.49. The van der Waals surface area contributed by atoms with Gasteiger partial charge in [0.25, 0.3) is 5.91 Å². The molecule has 2 aromatic heterocycles. The molecular formula is C23H22FN7O3. The highest BCUT2D eigenvalue weighted by Crippen LogP contribution is 2.30. The number of carbonyl (C=O) groups excluding carboxylic acids is 1. The quantitative estimate of drug-likeness (QED) is 0.445. The van der Waals surface area contributed by atoms with Crippen molar-refractivity contribution < 1.29 is 18.7 Å². The second kappa shape index (κ2) is 8.93. The van der Waals surface area contributed by atoms with Crippen LogP contribution in [0.5, 0.6) is 11.5 Å². The van der Waals surface area contributed by atoms with Crippen molar-refractivity contribution in [3.8, 4) is 17.2 Å². The molecule has 2 aromatic carbocycles. The van der Waals surface area contributed by atoms with Gasteiger partial charge in [-0.2, -0.15) is 4.68 Å². The van der Waals surface area contributed by atoms with Gasteiger partial charge < -0.3 is 19.3 Å². The number of piperazine rings is 1. The zero-order chi connectivity index (χ0) is 23.7. The zero-order valence-electron chi connectivity index (χ0n) is 18.7. The number of halogens is 1. The van der Waals surface area contributed by atoms with Gasteiger partial charge in [-0.15, -0.1) is 5.10 Å². The number of anilines is 1. The topological polar surface area (TPSA) is 98.5 Å². The average molecular weight is 463 g/mol. The average Bonchev–Trinajstić information content (AvgIpc) is 3.32. The molecular weight excluding hydrogens is 441 g/mol. The van der Waals surface area contributed by atoms with Crippen molar-refractivity contribution in [2.24, 2.45) is 0 Å². The van der Waals surface area contributed by atoms with Crippen LogP contribution in [0.2, 0.25) is 0 Å². The summed E-state index contributed by atoms with van der Waals surface area (Å²) >= 11 is 0. The molecule has 1 aliphatic rings. The fourth-order valence-corrected chi connectivity index (χ4v) is 4.07. The van der Waals surface area contributed by atoms with Gasteiger partial charge in [-0.05, 0) is 36.4 Å². The molecule has 5 rings (SSSR count). The van der Waals surface area contributed by atoms with Crippen LogP contribution < -0.4 is 14.4 Å². The molecule has 10 nitrogen and oxygen atoms in total. The molecule has 4 aromatic rings. The van der Waals surface area contributed by atoms with Gasteiger partial charge in [0, 0.05) is 26.2 Å². The maximum Gasteiger partial charge on any atom is 0.261 e. The minimum Gasteiger partial charge on any atom is -0.496 e. The van der Waals surface area contributed by atoms with E-state index in [1.165, 1.54) is 32.7 Å². The van der Waals surface area contributed by atoms with Crippen LogP contribution in [-0.2, 0) is 0 Å². The molecule has 0 atom stereocenters. The predicted molar refractivity (Wildman–Crippen MR) is 122 cm³/mol. The van der Waals surface area contributed by atoms with Gasteiger partial charge in [0.2, 0.25) is 0 Å². The van der Waals surface area contributed by atoms with Gasteiger partial charge in [0.05, 0.1) is 19.9 Å². The van der Waals surface area contributed by atoms with Crippen molar-refractivity contribution in [3.05, 3.63) is 60.2 Å². The molecule has 1 aliphatic heterocycles. The summed E-state index contributed by atoms with van der Waals surface area (Å²) in [7, 11) is 3.06. The Morgan fingerprint density at radius 3 is 2.26 bits per heavy atom. The number of carbonyl (C=O) groups is 1. The minimum atomic E-state index is -0.332. The summed E-state index contributed by atoms with van der Waals surface area (Å²) in [6.07, 6.45) is 1.46. The first-order valence-electron chi connectivity index (χ1n) is 10.7. The second-order valence-electron chi connectivity index (χ2n) is 7.66. The normalized spacial score (nSPS) is 13.9. The molecule has 0 N–H and O–H groups in total.